The molecular weight excluding hydrogens is 314 g/mol. The Hall–Kier alpha value is -1.66. The largest absolute Gasteiger partial charge is 0.416 e. The maximum atomic E-state index is 12.7. The average Bonchev–Trinajstić information content (AvgIpc) is 2.25. The molecule has 0 unspecified atom stereocenters. The summed E-state index contributed by atoms with van der Waals surface area (Å²) in [5.74, 6) is -0.286. The second-order valence-corrected chi connectivity index (χ2v) is 4.82. The quantitative estimate of drug-likeness (QED) is 0.840. The Morgan fingerprint density at radius 2 is 1.60 bits per heavy atom. The smallest absolute Gasteiger partial charge is 0.384 e. The van der Waals surface area contributed by atoms with Gasteiger partial charge in [0.25, 0.3) is 0 Å². The molecule has 1 aromatic carbocycles. The second-order valence-electron chi connectivity index (χ2n) is 3.95. The molecule has 2 aromatic rings. The monoisotopic (exact) mass is 321 g/mol. The average molecular weight is 322 g/mol. The number of hydrogen-bond donors (Lipinski definition) is 2. The van der Waals surface area contributed by atoms with Gasteiger partial charge in [-0.15, -0.1) is 0 Å². The minimum absolute atomic E-state index is 0.0457. The number of alkyl halides is 3. The molecule has 20 heavy (non-hydrogen) atoms. The minimum Gasteiger partial charge on any atom is -0.384 e. The second kappa shape index (κ2) is 5.38. The molecule has 3 nitrogen and oxygen atoms in total. The van der Waals surface area contributed by atoms with E-state index in [1.165, 1.54) is 18.2 Å². The van der Waals surface area contributed by atoms with Gasteiger partial charge in [0, 0.05) is 15.7 Å². The molecular formula is C12H8Cl2F3N3. The maximum Gasteiger partial charge on any atom is 0.416 e. The Morgan fingerprint density at radius 1 is 1.00 bits per heavy atom. The number of nitrogens with two attached hydrogens (primary N) is 1. The number of anilines is 3. The molecule has 106 valence electrons. The van der Waals surface area contributed by atoms with E-state index in [4.69, 9.17) is 28.9 Å². The summed E-state index contributed by atoms with van der Waals surface area (Å²) >= 11 is 11.6. The van der Waals surface area contributed by atoms with Crippen LogP contribution >= 0.6 is 23.2 Å². The van der Waals surface area contributed by atoms with Gasteiger partial charge in [-0.25, -0.2) is 4.98 Å². The number of nitrogens with zero attached hydrogens (tertiary/aromatic N) is 1. The van der Waals surface area contributed by atoms with Gasteiger partial charge < -0.3 is 11.1 Å². The molecule has 0 radical (unpaired) electrons. The molecule has 0 saturated carbocycles. The van der Waals surface area contributed by atoms with Gasteiger partial charge in [0.05, 0.1) is 5.56 Å². The van der Waals surface area contributed by atoms with Crippen molar-refractivity contribution in [2.75, 3.05) is 11.1 Å². The standard InChI is InChI=1S/C12H8Cl2F3N3/c13-7-3-8(14)5-9(4-7)19-11-2-6(12(15,16)17)1-10(18)20-11/h1-5H,(H3,18,19,20). The van der Waals surface area contributed by atoms with E-state index < -0.39 is 11.7 Å². The first-order valence-corrected chi connectivity index (χ1v) is 6.07. The van der Waals surface area contributed by atoms with E-state index in [0.717, 1.165) is 12.1 Å². The van der Waals surface area contributed by atoms with Crippen LogP contribution in [0.3, 0.4) is 0 Å². The van der Waals surface area contributed by atoms with Gasteiger partial charge in [0.2, 0.25) is 0 Å². The fraction of sp³-hybridized carbons (Fsp3) is 0.0833. The van der Waals surface area contributed by atoms with Crippen molar-refractivity contribution in [3.05, 3.63) is 45.9 Å². The zero-order chi connectivity index (χ0) is 14.9. The van der Waals surface area contributed by atoms with Crippen LogP contribution in [-0.2, 0) is 6.18 Å². The van der Waals surface area contributed by atoms with Crippen molar-refractivity contribution in [3.8, 4) is 0 Å². The summed E-state index contributed by atoms with van der Waals surface area (Å²) in [4.78, 5) is 3.78. The number of pyridine rings is 1. The lowest BCUT2D eigenvalue weighted by Gasteiger charge is -2.11. The van der Waals surface area contributed by atoms with E-state index in [1.807, 2.05) is 0 Å². The molecule has 0 aliphatic heterocycles. The van der Waals surface area contributed by atoms with Crippen molar-refractivity contribution in [1.29, 1.82) is 0 Å². The molecule has 2 rings (SSSR count). The van der Waals surface area contributed by atoms with Crippen molar-refractivity contribution in [3.63, 3.8) is 0 Å². The summed E-state index contributed by atoms with van der Waals surface area (Å²) in [7, 11) is 0. The van der Waals surface area contributed by atoms with Crippen molar-refractivity contribution in [1.82, 2.24) is 4.98 Å². The number of rotatable bonds is 2. The van der Waals surface area contributed by atoms with E-state index in [2.05, 4.69) is 10.3 Å². The molecule has 0 aliphatic rings. The zero-order valence-electron chi connectivity index (χ0n) is 9.80. The van der Waals surface area contributed by atoms with Gasteiger partial charge in [-0.1, -0.05) is 23.2 Å². The Bertz CT molecular complexity index is 624. The third-order valence-corrected chi connectivity index (χ3v) is 2.74. The number of benzene rings is 1. The van der Waals surface area contributed by atoms with Gasteiger partial charge in [0.1, 0.15) is 11.6 Å². The lowest BCUT2D eigenvalue weighted by molar-refractivity contribution is -0.137. The molecule has 0 fully saturated rings. The molecule has 0 spiro atoms. The fourth-order valence-corrected chi connectivity index (χ4v) is 2.08. The Labute approximate surface area is 122 Å². The highest BCUT2D eigenvalue weighted by atomic mass is 35.5. The number of halogens is 5. The summed E-state index contributed by atoms with van der Waals surface area (Å²) < 4.78 is 38.0. The van der Waals surface area contributed by atoms with Crippen LogP contribution in [0.1, 0.15) is 5.56 Å². The molecule has 0 bridgehead atoms. The fourth-order valence-electron chi connectivity index (χ4n) is 1.55. The van der Waals surface area contributed by atoms with Crippen LogP contribution in [0.15, 0.2) is 30.3 Å². The van der Waals surface area contributed by atoms with Crippen molar-refractivity contribution >= 4 is 40.5 Å². The third-order valence-electron chi connectivity index (χ3n) is 2.31. The molecule has 0 atom stereocenters. The first-order chi connectivity index (χ1) is 9.24. The molecule has 1 heterocycles. The van der Waals surface area contributed by atoms with E-state index in [-0.39, 0.29) is 11.6 Å². The summed E-state index contributed by atoms with van der Waals surface area (Å²) in [6, 6.07) is 6.13. The van der Waals surface area contributed by atoms with E-state index >= 15 is 0 Å². The molecule has 0 aliphatic carbocycles. The van der Waals surface area contributed by atoms with E-state index in [9.17, 15) is 13.2 Å². The zero-order valence-corrected chi connectivity index (χ0v) is 11.3. The highest BCUT2D eigenvalue weighted by Gasteiger charge is 2.31. The molecule has 0 saturated heterocycles. The first kappa shape index (κ1) is 14.7. The summed E-state index contributed by atoms with van der Waals surface area (Å²) in [6.07, 6.45) is -4.50. The van der Waals surface area contributed by atoms with Crippen LogP contribution in [0, 0.1) is 0 Å². The van der Waals surface area contributed by atoms with Crippen LogP contribution in [0.2, 0.25) is 10.0 Å². The molecule has 1 aromatic heterocycles. The van der Waals surface area contributed by atoms with Gasteiger partial charge in [0.15, 0.2) is 0 Å². The van der Waals surface area contributed by atoms with Crippen LogP contribution in [0.4, 0.5) is 30.5 Å². The number of nitrogen functional groups attached to an aromatic ring is 1. The minimum atomic E-state index is -4.50. The van der Waals surface area contributed by atoms with Gasteiger partial charge in [-0.2, -0.15) is 13.2 Å². The third kappa shape index (κ3) is 3.68. The number of hydrogen-bond acceptors (Lipinski definition) is 3. The SMILES string of the molecule is Nc1cc(C(F)(F)F)cc(Nc2cc(Cl)cc(Cl)c2)n1. The van der Waals surface area contributed by atoms with Gasteiger partial charge >= 0.3 is 6.18 Å². The summed E-state index contributed by atoms with van der Waals surface area (Å²) in [5.41, 5.74) is 4.89. The van der Waals surface area contributed by atoms with Crippen LogP contribution < -0.4 is 11.1 Å². The lowest BCUT2D eigenvalue weighted by Crippen LogP contribution is -2.08. The summed E-state index contributed by atoms with van der Waals surface area (Å²) in [6.45, 7) is 0. The highest BCUT2D eigenvalue weighted by Crippen LogP contribution is 2.32. The normalized spacial score (nSPS) is 11.4. The van der Waals surface area contributed by atoms with Crippen LogP contribution in [0.5, 0.6) is 0 Å². The molecule has 8 heteroatoms. The summed E-state index contributed by atoms with van der Waals surface area (Å²) in [5, 5.41) is 3.37. The topological polar surface area (TPSA) is 50.9 Å². The van der Waals surface area contributed by atoms with Crippen molar-refractivity contribution in [2.24, 2.45) is 0 Å². The Kier molecular flexibility index (Phi) is 3.96. The number of aromatic nitrogens is 1. The van der Waals surface area contributed by atoms with E-state index in [0.29, 0.717) is 15.7 Å². The first-order valence-electron chi connectivity index (χ1n) is 5.32. The number of nitrogens with one attached hydrogen (secondary N) is 1. The van der Waals surface area contributed by atoms with Gasteiger partial charge in [-0.3, -0.25) is 0 Å². The maximum absolute atomic E-state index is 12.7. The Balaban J connectivity index is 2.36. The van der Waals surface area contributed by atoms with Gasteiger partial charge in [-0.05, 0) is 30.3 Å². The lowest BCUT2D eigenvalue weighted by atomic mass is 10.2. The molecule has 0 amide bonds. The van der Waals surface area contributed by atoms with E-state index in [1.54, 1.807) is 0 Å². The molecule has 3 N–H and O–H groups in total. The van der Waals surface area contributed by atoms with Crippen LogP contribution in [-0.4, -0.2) is 4.98 Å². The van der Waals surface area contributed by atoms with Crippen molar-refractivity contribution < 1.29 is 13.2 Å². The van der Waals surface area contributed by atoms with Crippen molar-refractivity contribution in [2.45, 2.75) is 6.18 Å². The Morgan fingerprint density at radius 3 is 2.15 bits per heavy atom. The van der Waals surface area contributed by atoms with Crippen LogP contribution in [0.25, 0.3) is 0 Å². The predicted molar refractivity (Wildman–Crippen MR) is 73.4 cm³/mol. The predicted octanol–water partition coefficient (Wildman–Crippen LogP) is 4.73. The highest BCUT2D eigenvalue weighted by molar-refractivity contribution is 6.35.